The zero-order chi connectivity index (χ0) is 28.2. The number of nitrogens with zero attached hydrogens (tertiary/aromatic N) is 4. The average Bonchev–Trinajstić information content (AvgIpc) is 3.18. The number of aryl methyl sites for hydroxylation is 1. The first kappa shape index (κ1) is 28.0. The summed E-state index contributed by atoms with van der Waals surface area (Å²) in [5, 5.41) is 5.99. The van der Waals surface area contributed by atoms with Crippen LogP contribution in [0.2, 0.25) is 0 Å². The Morgan fingerprint density at radius 2 is 1.85 bits per heavy atom. The van der Waals surface area contributed by atoms with Gasteiger partial charge in [-0.05, 0) is 60.8 Å². The first-order valence-corrected chi connectivity index (χ1v) is 13.3. The van der Waals surface area contributed by atoms with Gasteiger partial charge in [0.15, 0.2) is 0 Å². The molecule has 206 valence electrons. The van der Waals surface area contributed by atoms with E-state index in [0.29, 0.717) is 41.0 Å². The van der Waals surface area contributed by atoms with Crippen LogP contribution < -0.4 is 15.4 Å². The highest BCUT2D eigenvalue weighted by Crippen LogP contribution is 2.31. The van der Waals surface area contributed by atoms with Gasteiger partial charge in [0.25, 0.3) is 0 Å². The van der Waals surface area contributed by atoms with Gasteiger partial charge in [0.1, 0.15) is 23.1 Å². The van der Waals surface area contributed by atoms with E-state index in [9.17, 15) is 9.18 Å². The molecule has 39 heavy (non-hydrogen) atoms. The highest BCUT2D eigenvalue weighted by atomic mass is 19.1. The number of anilines is 3. The number of carbonyl (C=O) groups excluding carboxylic acids is 1. The number of hydrogen-bond acceptors (Lipinski definition) is 6. The Hall–Kier alpha value is -3.98. The van der Waals surface area contributed by atoms with Crippen molar-refractivity contribution in [1.82, 2.24) is 19.4 Å². The van der Waals surface area contributed by atoms with Crippen molar-refractivity contribution in [1.29, 1.82) is 0 Å². The van der Waals surface area contributed by atoms with Crippen molar-refractivity contribution in [2.75, 3.05) is 30.3 Å². The van der Waals surface area contributed by atoms with Crippen molar-refractivity contribution in [3.05, 3.63) is 66.1 Å². The van der Waals surface area contributed by atoms with Crippen molar-refractivity contribution in [3.63, 3.8) is 0 Å². The van der Waals surface area contributed by atoms with Crippen LogP contribution in [0.3, 0.4) is 0 Å². The van der Waals surface area contributed by atoms with E-state index in [1.54, 1.807) is 24.4 Å². The van der Waals surface area contributed by atoms with E-state index in [-0.39, 0.29) is 17.1 Å². The number of carbonyl (C=O) groups is 1. The molecule has 2 aromatic carbocycles. The van der Waals surface area contributed by atoms with E-state index in [1.807, 2.05) is 42.8 Å². The number of rotatable bonds is 10. The van der Waals surface area contributed by atoms with E-state index >= 15 is 0 Å². The maximum atomic E-state index is 14.6. The summed E-state index contributed by atoms with van der Waals surface area (Å²) in [6.07, 6.45) is 2.58. The number of benzene rings is 2. The van der Waals surface area contributed by atoms with Gasteiger partial charge in [-0.15, -0.1) is 0 Å². The fraction of sp³-hybridized carbons (Fsp3) is 0.367. The number of pyridine rings is 1. The van der Waals surface area contributed by atoms with Crippen LogP contribution in [0.5, 0.6) is 11.5 Å². The highest BCUT2D eigenvalue weighted by Gasteiger charge is 2.17. The molecule has 2 heterocycles. The quantitative estimate of drug-likeness (QED) is 0.239. The molecule has 8 nitrogen and oxygen atoms in total. The molecule has 0 atom stereocenters. The lowest BCUT2D eigenvalue weighted by Crippen LogP contribution is -2.33. The van der Waals surface area contributed by atoms with Crippen LogP contribution in [0, 0.1) is 5.82 Å². The second-order valence-corrected chi connectivity index (χ2v) is 10.6. The fourth-order valence-corrected chi connectivity index (χ4v) is 4.29. The van der Waals surface area contributed by atoms with E-state index in [2.05, 4.69) is 53.2 Å². The fourth-order valence-electron chi connectivity index (χ4n) is 4.29. The summed E-state index contributed by atoms with van der Waals surface area (Å²) in [6, 6.07) is 14.1. The molecule has 0 spiro atoms. The number of hydrogen-bond donors (Lipinski definition) is 2. The van der Waals surface area contributed by atoms with Crippen molar-refractivity contribution in [3.8, 4) is 11.5 Å². The summed E-state index contributed by atoms with van der Waals surface area (Å²) < 4.78 is 22.5. The molecule has 0 unspecified atom stereocenters. The third-order valence-corrected chi connectivity index (χ3v) is 6.52. The van der Waals surface area contributed by atoms with Crippen molar-refractivity contribution in [2.45, 2.75) is 46.5 Å². The summed E-state index contributed by atoms with van der Waals surface area (Å²) in [4.78, 5) is 23.5. The SMILES string of the molecule is CCCN(CC)CC(=O)Nc1cc(Oc2ccc3c(c2)nc(Nc2cc(C(C)(C)C)ccc2F)n3C)ccn1. The van der Waals surface area contributed by atoms with Gasteiger partial charge in [-0.2, -0.15) is 0 Å². The largest absolute Gasteiger partial charge is 0.457 e. The minimum atomic E-state index is -0.340. The second kappa shape index (κ2) is 11.8. The molecule has 0 aliphatic heterocycles. The Morgan fingerprint density at radius 1 is 1.08 bits per heavy atom. The predicted octanol–water partition coefficient (Wildman–Crippen LogP) is 6.61. The highest BCUT2D eigenvalue weighted by molar-refractivity contribution is 5.91. The van der Waals surface area contributed by atoms with Gasteiger partial charge < -0.3 is 19.9 Å². The number of nitrogens with one attached hydrogen (secondary N) is 2. The molecule has 0 saturated heterocycles. The summed E-state index contributed by atoms with van der Waals surface area (Å²) in [5.41, 5.74) is 2.86. The number of ether oxygens (including phenoxy) is 1. The van der Waals surface area contributed by atoms with Crippen LogP contribution >= 0.6 is 0 Å². The molecule has 0 saturated carbocycles. The molecule has 2 aromatic heterocycles. The molecule has 2 N–H and O–H groups in total. The Bertz CT molecular complexity index is 1460. The zero-order valence-corrected chi connectivity index (χ0v) is 23.5. The van der Waals surface area contributed by atoms with Gasteiger partial charge in [0.2, 0.25) is 11.9 Å². The molecule has 9 heteroatoms. The molecule has 0 radical (unpaired) electrons. The van der Waals surface area contributed by atoms with E-state index in [4.69, 9.17) is 4.74 Å². The first-order chi connectivity index (χ1) is 18.6. The van der Waals surface area contributed by atoms with Gasteiger partial charge in [-0.25, -0.2) is 14.4 Å². The third-order valence-electron chi connectivity index (χ3n) is 6.52. The van der Waals surface area contributed by atoms with Crippen molar-refractivity contribution < 1.29 is 13.9 Å². The Kier molecular flexibility index (Phi) is 8.50. The van der Waals surface area contributed by atoms with Crippen LogP contribution in [-0.2, 0) is 17.3 Å². The summed E-state index contributed by atoms with van der Waals surface area (Å²) in [7, 11) is 1.88. The average molecular weight is 533 g/mol. The van der Waals surface area contributed by atoms with E-state index in [0.717, 1.165) is 30.6 Å². The van der Waals surface area contributed by atoms with Crippen molar-refractivity contribution >= 4 is 34.4 Å². The molecule has 0 fully saturated rings. The normalized spacial score (nSPS) is 11.7. The third kappa shape index (κ3) is 6.92. The lowest BCUT2D eigenvalue weighted by atomic mass is 9.87. The lowest BCUT2D eigenvalue weighted by molar-refractivity contribution is -0.117. The lowest BCUT2D eigenvalue weighted by Gasteiger charge is -2.20. The summed E-state index contributed by atoms with van der Waals surface area (Å²) >= 11 is 0. The standard InChI is InChI=1S/C30H37FN6O2/c1-7-15-37(8-2)19-28(38)35-27-18-22(13-14-32-27)39-21-10-12-26-25(17-21)34-29(36(26)6)33-24-16-20(30(3,4)5)9-11-23(24)31/h9-14,16-18H,7-8,15,19H2,1-6H3,(H,33,34)(H,32,35,38). The summed E-state index contributed by atoms with van der Waals surface area (Å²) in [6.45, 7) is 12.4. The van der Waals surface area contributed by atoms with Gasteiger partial charge in [-0.1, -0.05) is 40.7 Å². The Morgan fingerprint density at radius 3 is 2.56 bits per heavy atom. The Balaban J connectivity index is 1.50. The maximum Gasteiger partial charge on any atom is 0.239 e. The summed E-state index contributed by atoms with van der Waals surface area (Å²) in [5.74, 6) is 1.61. The zero-order valence-electron chi connectivity index (χ0n) is 23.5. The van der Waals surface area contributed by atoms with Crippen LogP contribution in [0.25, 0.3) is 11.0 Å². The molecule has 4 rings (SSSR count). The van der Waals surface area contributed by atoms with E-state index in [1.165, 1.54) is 6.07 Å². The van der Waals surface area contributed by atoms with Crippen molar-refractivity contribution in [2.24, 2.45) is 7.05 Å². The van der Waals surface area contributed by atoms with Crippen LogP contribution in [0.4, 0.5) is 21.8 Å². The monoisotopic (exact) mass is 532 g/mol. The molecule has 1 amide bonds. The van der Waals surface area contributed by atoms with Gasteiger partial charge in [0.05, 0.1) is 23.3 Å². The molecular formula is C30H37FN6O2. The minimum absolute atomic E-state index is 0.108. The van der Waals surface area contributed by atoms with Gasteiger partial charge in [0, 0.05) is 25.4 Å². The number of imidazole rings is 1. The predicted molar refractivity (Wildman–Crippen MR) is 154 cm³/mol. The first-order valence-electron chi connectivity index (χ1n) is 13.3. The Labute approximate surface area is 229 Å². The number of fused-ring (bicyclic) bond motifs is 1. The van der Waals surface area contributed by atoms with Crippen LogP contribution in [-0.4, -0.2) is 45.0 Å². The molecular weight excluding hydrogens is 495 g/mol. The number of halogens is 1. The maximum absolute atomic E-state index is 14.6. The molecule has 0 bridgehead atoms. The number of amides is 1. The number of likely N-dealkylation sites (N-methyl/N-ethyl adjacent to an activating group) is 1. The van der Waals surface area contributed by atoms with Gasteiger partial charge in [-0.3, -0.25) is 9.69 Å². The van der Waals surface area contributed by atoms with Gasteiger partial charge >= 0.3 is 0 Å². The minimum Gasteiger partial charge on any atom is -0.457 e. The van der Waals surface area contributed by atoms with E-state index < -0.39 is 0 Å². The smallest absolute Gasteiger partial charge is 0.239 e. The molecule has 4 aromatic rings. The molecule has 0 aliphatic carbocycles. The second-order valence-electron chi connectivity index (χ2n) is 10.6. The van der Waals surface area contributed by atoms with Crippen LogP contribution in [0.15, 0.2) is 54.7 Å². The molecule has 0 aliphatic rings. The number of aromatic nitrogens is 3. The topological polar surface area (TPSA) is 84.3 Å². The van der Waals surface area contributed by atoms with Crippen LogP contribution in [0.1, 0.15) is 46.6 Å².